The van der Waals surface area contributed by atoms with Crippen molar-refractivity contribution in [3.63, 3.8) is 0 Å². The minimum absolute atomic E-state index is 0.0100. The van der Waals surface area contributed by atoms with E-state index in [0.29, 0.717) is 11.4 Å². The summed E-state index contributed by atoms with van der Waals surface area (Å²) < 4.78 is 28.4. The molecule has 1 aromatic heterocycles. The van der Waals surface area contributed by atoms with Gasteiger partial charge in [-0.2, -0.15) is 9.40 Å². The van der Waals surface area contributed by atoms with Gasteiger partial charge in [-0.05, 0) is 26.7 Å². The van der Waals surface area contributed by atoms with Crippen molar-refractivity contribution in [2.45, 2.75) is 44.0 Å². The number of carbonyl (C=O) groups is 1. The predicted molar refractivity (Wildman–Crippen MR) is 71.8 cm³/mol. The van der Waals surface area contributed by atoms with Crippen molar-refractivity contribution in [2.24, 2.45) is 7.05 Å². The molecule has 8 heteroatoms. The Bertz CT molecular complexity index is 631. The fourth-order valence-corrected chi connectivity index (χ4v) is 4.40. The third-order valence-corrected chi connectivity index (χ3v) is 5.71. The normalized spacial score (nSPS) is 15.8. The first kappa shape index (κ1) is 15.0. The van der Waals surface area contributed by atoms with Gasteiger partial charge in [-0.3, -0.25) is 9.48 Å². The van der Waals surface area contributed by atoms with Crippen LogP contribution >= 0.6 is 0 Å². The third kappa shape index (κ3) is 2.71. The average Bonchev–Trinajstić information content (AvgIpc) is 3.08. The number of hydrogen-bond acceptors (Lipinski definition) is 4. The van der Waals surface area contributed by atoms with Gasteiger partial charge in [-0.25, -0.2) is 8.42 Å². The number of aryl methyl sites for hydroxylation is 2. The van der Waals surface area contributed by atoms with E-state index >= 15 is 0 Å². The van der Waals surface area contributed by atoms with Gasteiger partial charge in [0.1, 0.15) is 4.90 Å². The summed E-state index contributed by atoms with van der Waals surface area (Å²) in [6, 6.07) is -0.0710. The second-order valence-corrected chi connectivity index (χ2v) is 6.94. The molecule has 0 radical (unpaired) electrons. The van der Waals surface area contributed by atoms with Crippen molar-refractivity contribution in [1.29, 1.82) is 0 Å². The number of aromatic nitrogens is 2. The molecule has 1 heterocycles. The highest BCUT2D eigenvalue weighted by atomic mass is 32.2. The average molecular weight is 301 g/mol. The van der Waals surface area contributed by atoms with Gasteiger partial charge in [0.2, 0.25) is 10.0 Å². The van der Waals surface area contributed by atoms with Crippen LogP contribution in [0.2, 0.25) is 0 Å². The molecular weight excluding hydrogens is 282 g/mol. The molecular formula is C12H19N3O4S. The van der Waals surface area contributed by atoms with Crippen molar-refractivity contribution in [3.8, 4) is 0 Å². The van der Waals surface area contributed by atoms with E-state index in [1.54, 1.807) is 20.9 Å². The van der Waals surface area contributed by atoms with E-state index in [1.165, 1.54) is 8.99 Å². The Hall–Kier alpha value is -1.41. The van der Waals surface area contributed by atoms with Crippen LogP contribution in [0.4, 0.5) is 0 Å². The second kappa shape index (κ2) is 5.17. The van der Waals surface area contributed by atoms with Crippen LogP contribution in [-0.2, 0) is 21.9 Å². The highest BCUT2D eigenvalue weighted by Gasteiger charge is 2.40. The molecule has 2 rings (SSSR count). The van der Waals surface area contributed by atoms with Crippen LogP contribution in [0.1, 0.15) is 30.7 Å². The van der Waals surface area contributed by atoms with Gasteiger partial charge in [0.25, 0.3) is 0 Å². The van der Waals surface area contributed by atoms with E-state index in [1.807, 2.05) is 0 Å². The maximum atomic E-state index is 12.8. The standard InChI is InChI=1S/C12H19N3O4S/c1-8-12(9(2)14(3)13-8)20(18,19)15(10-4-5-10)7-6-11(16)17/h10H,4-7H2,1-3H3,(H,16,17). The topological polar surface area (TPSA) is 92.5 Å². The van der Waals surface area contributed by atoms with Crippen LogP contribution in [0.5, 0.6) is 0 Å². The first-order valence-corrected chi connectivity index (χ1v) is 7.93. The summed E-state index contributed by atoms with van der Waals surface area (Å²) in [6.45, 7) is 3.37. The van der Waals surface area contributed by atoms with Crippen LogP contribution in [-0.4, -0.2) is 46.2 Å². The lowest BCUT2D eigenvalue weighted by molar-refractivity contribution is -0.137. The molecule has 112 valence electrons. The Morgan fingerprint density at radius 3 is 2.45 bits per heavy atom. The smallest absolute Gasteiger partial charge is 0.304 e. The fraction of sp³-hybridized carbons (Fsp3) is 0.667. The highest BCUT2D eigenvalue weighted by Crippen LogP contribution is 2.33. The number of hydrogen-bond donors (Lipinski definition) is 1. The quantitative estimate of drug-likeness (QED) is 0.833. The SMILES string of the molecule is Cc1nn(C)c(C)c1S(=O)(=O)N(CCC(=O)O)C1CC1. The number of sulfonamides is 1. The molecule has 1 fully saturated rings. The predicted octanol–water partition coefficient (Wildman–Crippen LogP) is 0.665. The zero-order valence-corrected chi connectivity index (χ0v) is 12.6. The molecule has 0 amide bonds. The molecule has 1 aromatic rings. The minimum atomic E-state index is -3.69. The molecule has 1 aliphatic carbocycles. The molecule has 0 unspecified atom stereocenters. The van der Waals surface area contributed by atoms with E-state index in [0.717, 1.165) is 12.8 Å². The summed E-state index contributed by atoms with van der Waals surface area (Å²) in [5, 5.41) is 12.9. The summed E-state index contributed by atoms with van der Waals surface area (Å²) in [7, 11) is -1.99. The second-order valence-electron chi connectivity index (χ2n) is 5.11. The third-order valence-electron chi connectivity index (χ3n) is 3.51. The van der Waals surface area contributed by atoms with E-state index in [4.69, 9.17) is 5.11 Å². The lowest BCUT2D eigenvalue weighted by atomic mass is 10.4. The Labute approximate surface area is 118 Å². The first-order valence-electron chi connectivity index (χ1n) is 6.49. The Balaban J connectivity index is 2.37. The molecule has 0 bridgehead atoms. The lowest BCUT2D eigenvalue weighted by Crippen LogP contribution is -2.35. The largest absolute Gasteiger partial charge is 0.481 e. The monoisotopic (exact) mass is 301 g/mol. The molecule has 1 aliphatic rings. The fourth-order valence-electron chi connectivity index (χ4n) is 2.31. The number of carboxylic acid groups (broad SMARTS) is 1. The Morgan fingerprint density at radius 2 is 2.05 bits per heavy atom. The molecule has 7 nitrogen and oxygen atoms in total. The van der Waals surface area contributed by atoms with Gasteiger partial charge < -0.3 is 5.11 Å². The van der Waals surface area contributed by atoms with Crippen LogP contribution in [0.15, 0.2) is 4.90 Å². The number of aliphatic carboxylic acids is 1. The lowest BCUT2D eigenvalue weighted by Gasteiger charge is -2.21. The summed E-state index contributed by atoms with van der Waals surface area (Å²) in [6.07, 6.45) is 1.39. The van der Waals surface area contributed by atoms with E-state index in [9.17, 15) is 13.2 Å². The van der Waals surface area contributed by atoms with Crippen molar-refractivity contribution >= 4 is 16.0 Å². The minimum Gasteiger partial charge on any atom is -0.481 e. The van der Waals surface area contributed by atoms with Crippen LogP contribution < -0.4 is 0 Å². The summed E-state index contributed by atoms with van der Waals surface area (Å²) in [5.74, 6) is -0.995. The maximum absolute atomic E-state index is 12.8. The van der Waals surface area contributed by atoms with Gasteiger partial charge in [0.15, 0.2) is 0 Å². The van der Waals surface area contributed by atoms with Crippen LogP contribution in [0.25, 0.3) is 0 Å². The van der Waals surface area contributed by atoms with E-state index < -0.39 is 16.0 Å². The summed E-state index contributed by atoms with van der Waals surface area (Å²) in [4.78, 5) is 10.9. The number of nitrogens with zero attached hydrogens (tertiary/aromatic N) is 3. The summed E-state index contributed by atoms with van der Waals surface area (Å²) in [5.41, 5.74) is 1.02. The summed E-state index contributed by atoms with van der Waals surface area (Å²) >= 11 is 0. The van der Waals surface area contributed by atoms with Gasteiger partial charge in [0.05, 0.1) is 17.8 Å². The van der Waals surface area contributed by atoms with E-state index in [2.05, 4.69) is 5.10 Å². The molecule has 0 spiro atoms. The molecule has 0 aromatic carbocycles. The molecule has 20 heavy (non-hydrogen) atoms. The zero-order chi connectivity index (χ0) is 15.1. The van der Waals surface area contributed by atoms with Crippen LogP contribution in [0, 0.1) is 13.8 Å². The van der Waals surface area contributed by atoms with Crippen molar-refractivity contribution in [3.05, 3.63) is 11.4 Å². The molecule has 0 saturated heterocycles. The molecule has 0 aliphatic heterocycles. The van der Waals surface area contributed by atoms with Crippen molar-refractivity contribution in [2.75, 3.05) is 6.54 Å². The number of carboxylic acids is 1. The van der Waals surface area contributed by atoms with Crippen LogP contribution in [0.3, 0.4) is 0 Å². The zero-order valence-electron chi connectivity index (χ0n) is 11.8. The maximum Gasteiger partial charge on any atom is 0.304 e. The molecule has 0 atom stereocenters. The Kier molecular flexibility index (Phi) is 3.88. The van der Waals surface area contributed by atoms with E-state index in [-0.39, 0.29) is 23.9 Å². The van der Waals surface area contributed by atoms with Crippen molar-refractivity contribution < 1.29 is 18.3 Å². The van der Waals surface area contributed by atoms with Gasteiger partial charge in [-0.1, -0.05) is 0 Å². The molecule has 1 saturated carbocycles. The Morgan fingerprint density at radius 1 is 1.45 bits per heavy atom. The molecule has 1 N–H and O–H groups in total. The highest BCUT2D eigenvalue weighted by molar-refractivity contribution is 7.89. The number of rotatable bonds is 6. The van der Waals surface area contributed by atoms with Gasteiger partial charge in [0, 0.05) is 19.6 Å². The first-order chi connectivity index (χ1) is 9.25. The van der Waals surface area contributed by atoms with Gasteiger partial charge >= 0.3 is 5.97 Å². The van der Waals surface area contributed by atoms with Crippen molar-refractivity contribution in [1.82, 2.24) is 14.1 Å². The van der Waals surface area contributed by atoms with Gasteiger partial charge in [-0.15, -0.1) is 0 Å².